The summed E-state index contributed by atoms with van der Waals surface area (Å²) >= 11 is 0. The number of phenols is 2. The molecule has 0 radical (unpaired) electrons. The van der Waals surface area contributed by atoms with Crippen molar-refractivity contribution in [2.75, 3.05) is 13.1 Å². The van der Waals surface area contributed by atoms with E-state index in [1.165, 1.54) is 12.8 Å². The summed E-state index contributed by atoms with van der Waals surface area (Å²) in [6.45, 7) is 8.65. The zero-order chi connectivity index (χ0) is 18.6. The van der Waals surface area contributed by atoms with Crippen molar-refractivity contribution in [3.63, 3.8) is 0 Å². The van der Waals surface area contributed by atoms with Gasteiger partial charge in [0.25, 0.3) is 0 Å². The van der Waals surface area contributed by atoms with Gasteiger partial charge in [-0.2, -0.15) is 0 Å². The summed E-state index contributed by atoms with van der Waals surface area (Å²) in [7, 11) is 0. The first-order chi connectivity index (χ1) is 12.4. The Hall–Kier alpha value is -1.26. The summed E-state index contributed by atoms with van der Waals surface area (Å²) in [5.74, 6) is 1.33. The maximum atomic E-state index is 12.0. The van der Waals surface area contributed by atoms with Gasteiger partial charge in [-0.25, -0.2) is 0 Å². The zero-order valence-electron chi connectivity index (χ0n) is 16.3. The third-order valence-electron chi connectivity index (χ3n) is 7.59. The van der Waals surface area contributed by atoms with Crippen LogP contribution in [0.4, 0.5) is 0 Å². The second-order valence-corrected chi connectivity index (χ2v) is 9.10. The van der Waals surface area contributed by atoms with Crippen LogP contribution in [-0.4, -0.2) is 45.0 Å². The average Bonchev–Trinajstić information content (AvgIpc) is 3.43. The van der Waals surface area contributed by atoms with Crippen LogP contribution in [0.25, 0.3) is 0 Å². The van der Waals surface area contributed by atoms with Crippen LogP contribution in [0.5, 0.6) is 11.5 Å². The summed E-state index contributed by atoms with van der Waals surface area (Å²) in [6, 6.07) is 3.64. The van der Waals surface area contributed by atoms with E-state index in [0.29, 0.717) is 5.92 Å². The highest BCUT2D eigenvalue weighted by Gasteiger charge is 2.56. The number of fused-ring (bicyclic) bond motifs is 3. The van der Waals surface area contributed by atoms with Crippen LogP contribution in [-0.2, 0) is 6.42 Å². The van der Waals surface area contributed by atoms with Crippen LogP contribution >= 0.6 is 0 Å². The highest BCUT2D eigenvalue weighted by atomic mass is 16.3. The third kappa shape index (κ3) is 2.73. The first-order valence-electron chi connectivity index (χ1n) is 10.4. The molecule has 5 atom stereocenters. The molecule has 4 nitrogen and oxygen atoms in total. The first-order valence-corrected chi connectivity index (χ1v) is 10.4. The maximum absolute atomic E-state index is 12.0. The lowest BCUT2D eigenvalue weighted by Gasteiger charge is -2.56. The van der Waals surface area contributed by atoms with Gasteiger partial charge in [-0.05, 0) is 68.0 Å². The molecule has 1 aromatic rings. The lowest BCUT2D eigenvalue weighted by Crippen LogP contribution is -2.62. The van der Waals surface area contributed by atoms with Gasteiger partial charge in [-0.15, -0.1) is 0 Å². The SMILES string of the molecule is CCN(CC1CC1)[C@@H]1Cc2ccc(O)c(O)c2C2[C@@H](C)[C@@H](C)CC[C@]21O. The van der Waals surface area contributed by atoms with E-state index in [1.807, 2.05) is 6.07 Å². The molecule has 0 amide bonds. The molecule has 1 unspecified atom stereocenters. The van der Waals surface area contributed by atoms with Gasteiger partial charge in [0.2, 0.25) is 0 Å². The number of benzene rings is 1. The maximum Gasteiger partial charge on any atom is 0.161 e. The summed E-state index contributed by atoms with van der Waals surface area (Å²) in [4.78, 5) is 2.49. The number of hydrogen-bond donors (Lipinski definition) is 3. The number of hydrogen-bond acceptors (Lipinski definition) is 4. The molecule has 0 saturated heterocycles. The smallest absolute Gasteiger partial charge is 0.161 e. The Balaban J connectivity index is 1.81. The topological polar surface area (TPSA) is 63.9 Å². The van der Waals surface area contributed by atoms with Crippen molar-refractivity contribution in [3.8, 4) is 11.5 Å². The molecule has 4 heteroatoms. The molecule has 0 aliphatic heterocycles. The minimum atomic E-state index is -0.838. The summed E-state index contributed by atoms with van der Waals surface area (Å²) in [5.41, 5.74) is 1.05. The van der Waals surface area contributed by atoms with E-state index in [2.05, 4.69) is 25.7 Å². The van der Waals surface area contributed by atoms with Gasteiger partial charge < -0.3 is 15.3 Å². The Bertz CT molecular complexity index is 686. The van der Waals surface area contributed by atoms with Gasteiger partial charge in [-0.1, -0.05) is 26.8 Å². The number of rotatable bonds is 4. The highest BCUT2D eigenvalue weighted by molar-refractivity contribution is 5.54. The second-order valence-electron chi connectivity index (χ2n) is 9.10. The van der Waals surface area contributed by atoms with E-state index in [1.54, 1.807) is 6.07 Å². The minimum absolute atomic E-state index is 0.0180. The molecule has 3 aliphatic carbocycles. The fraction of sp³-hybridized carbons (Fsp3) is 0.727. The standard InChI is InChI=1S/C22H33NO3/c1-4-23(12-15-5-6-15)18-11-16-7-8-17(24)21(25)19(16)20-14(3)13(2)9-10-22(18,20)26/h7-8,13-15,18,20,24-26H,4-6,9-12H2,1-3H3/t13-,14-,18+,20?,22+/m0/s1. The van der Waals surface area contributed by atoms with Crippen molar-refractivity contribution in [2.45, 2.75) is 70.4 Å². The Morgan fingerprint density at radius 3 is 2.54 bits per heavy atom. The van der Waals surface area contributed by atoms with Crippen LogP contribution in [0.1, 0.15) is 63.5 Å². The van der Waals surface area contributed by atoms with E-state index >= 15 is 0 Å². The van der Waals surface area contributed by atoms with Gasteiger partial charge in [0, 0.05) is 24.1 Å². The molecule has 26 heavy (non-hydrogen) atoms. The van der Waals surface area contributed by atoms with Crippen molar-refractivity contribution >= 4 is 0 Å². The number of aromatic hydroxyl groups is 2. The van der Waals surface area contributed by atoms with Crippen molar-refractivity contribution in [1.82, 2.24) is 4.90 Å². The average molecular weight is 360 g/mol. The molecule has 0 bridgehead atoms. The highest BCUT2D eigenvalue weighted by Crippen LogP contribution is 2.57. The first kappa shape index (κ1) is 18.1. The molecule has 3 N–H and O–H groups in total. The summed E-state index contributed by atoms with van der Waals surface area (Å²) in [5, 5.41) is 32.8. The largest absolute Gasteiger partial charge is 0.504 e. The quantitative estimate of drug-likeness (QED) is 0.718. The molecule has 0 aromatic heterocycles. The van der Waals surface area contributed by atoms with Gasteiger partial charge >= 0.3 is 0 Å². The van der Waals surface area contributed by atoms with Crippen LogP contribution in [0.3, 0.4) is 0 Å². The Kier molecular flexibility index (Phi) is 4.47. The molecule has 0 heterocycles. The number of likely N-dealkylation sites (N-methyl/N-ethyl adjacent to an activating group) is 1. The molecule has 2 saturated carbocycles. The van der Waals surface area contributed by atoms with Crippen molar-refractivity contribution < 1.29 is 15.3 Å². The number of phenolic OH excluding ortho intramolecular Hbond substituents is 2. The lowest BCUT2D eigenvalue weighted by atomic mass is 9.56. The zero-order valence-corrected chi connectivity index (χ0v) is 16.3. The van der Waals surface area contributed by atoms with Crippen LogP contribution < -0.4 is 0 Å². The summed E-state index contributed by atoms with van der Waals surface area (Å²) < 4.78 is 0. The number of nitrogens with zero attached hydrogens (tertiary/aromatic N) is 1. The molecule has 144 valence electrons. The fourth-order valence-corrected chi connectivity index (χ4v) is 5.65. The lowest BCUT2D eigenvalue weighted by molar-refractivity contribution is -0.118. The van der Waals surface area contributed by atoms with E-state index in [0.717, 1.165) is 49.4 Å². The normalized spacial score (nSPS) is 36.7. The van der Waals surface area contributed by atoms with Gasteiger partial charge in [0.15, 0.2) is 11.5 Å². The predicted octanol–water partition coefficient (Wildman–Crippen LogP) is 3.64. The monoisotopic (exact) mass is 359 g/mol. The Labute approximate surface area is 156 Å². The minimum Gasteiger partial charge on any atom is -0.504 e. The van der Waals surface area contributed by atoms with Crippen LogP contribution in [0, 0.1) is 17.8 Å². The van der Waals surface area contributed by atoms with Crippen molar-refractivity contribution in [3.05, 3.63) is 23.3 Å². The summed E-state index contributed by atoms with van der Waals surface area (Å²) in [6.07, 6.45) is 5.15. The molecule has 2 fully saturated rings. The Morgan fingerprint density at radius 1 is 1.15 bits per heavy atom. The molecule has 4 rings (SSSR count). The predicted molar refractivity (Wildman–Crippen MR) is 102 cm³/mol. The van der Waals surface area contributed by atoms with E-state index < -0.39 is 5.60 Å². The van der Waals surface area contributed by atoms with Crippen molar-refractivity contribution in [1.29, 1.82) is 0 Å². The third-order valence-corrected chi connectivity index (χ3v) is 7.59. The van der Waals surface area contributed by atoms with Gasteiger partial charge in [0.1, 0.15) is 0 Å². The van der Waals surface area contributed by atoms with Crippen LogP contribution in [0.15, 0.2) is 12.1 Å². The van der Waals surface area contributed by atoms with E-state index in [4.69, 9.17) is 0 Å². The van der Waals surface area contributed by atoms with E-state index in [9.17, 15) is 15.3 Å². The van der Waals surface area contributed by atoms with Crippen LogP contribution in [0.2, 0.25) is 0 Å². The second kappa shape index (κ2) is 6.42. The fourth-order valence-electron chi connectivity index (χ4n) is 5.65. The number of aliphatic hydroxyl groups is 1. The van der Waals surface area contributed by atoms with Gasteiger partial charge in [0.05, 0.1) is 5.60 Å². The molecule has 1 aromatic carbocycles. The molecular formula is C22H33NO3. The molecule has 3 aliphatic rings. The van der Waals surface area contributed by atoms with E-state index in [-0.39, 0.29) is 29.4 Å². The molecular weight excluding hydrogens is 326 g/mol. The van der Waals surface area contributed by atoms with Gasteiger partial charge in [-0.3, -0.25) is 4.90 Å². The Morgan fingerprint density at radius 2 is 1.88 bits per heavy atom. The van der Waals surface area contributed by atoms with Crippen molar-refractivity contribution in [2.24, 2.45) is 17.8 Å². The molecule has 0 spiro atoms.